The van der Waals surface area contributed by atoms with Gasteiger partial charge in [-0.25, -0.2) is 0 Å². The van der Waals surface area contributed by atoms with E-state index in [4.69, 9.17) is 0 Å². The minimum atomic E-state index is -0.267. The van der Waals surface area contributed by atoms with Gasteiger partial charge in [-0.05, 0) is 23.8 Å². The van der Waals surface area contributed by atoms with Crippen molar-refractivity contribution in [2.24, 2.45) is 0 Å². The third kappa shape index (κ3) is 3.37. The number of carbonyl (C=O) groups excluding carboxylic acids is 2. The number of hydrogen-bond acceptors (Lipinski definition) is 3. The zero-order valence-electron chi connectivity index (χ0n) is 12.6. The summed E-state index contributed by atoms with van der Waals surface area (Å²) in [7, 11) is 0. The number of carbonyl (C=O) groups is 2. The number of nitrogens with one attached hydrogen (secondary N) is 3. The summed E-state index contributed by atoms with van der Waals surface area (Å²) in [6, 6.07) is 14.8. The van der Waals surface area contributed by atoms with E-state index in [1.807, 2.05) is 36.4 Å². The molecule has 6 heteroatoms. The Bertz CT molecular complexity index is 852. The third-order valence-electron chi connectivity index (χ3n) is 3.44. The van der Waals surface area contributed by atoms with E-state index in [1.165, 1.54) is 6.92 Å². The van der Waals surface area contributed by atoms with Gasteiger partial charge >= 0.3 is 0 Å². The average molecular weight is 308 g/mol. The largest absolute Gasteiger partial charge is 0.352 e. The van der Waals surface area contributed by atoms with Gasteiger partial charge in [-0.2, -0.15) is 5.10 Å². The van der Waals surface area contributed by atoms with Crippen LogP contribution in [-0.2, 0) is 11.3 Å². The number of H-pyrrole nitrogens is 1. The van der Waals surface area contributed by atoms with Crippen LogP contribution in [0.1, 0.15) is 23.0 Å². The van der Waals surface area contributed by atoms with Crippen LogP contribution >= 0.6 is 0 Å². The van der Waals surface area contributed by atoms with Crippen LogP contribution in [0.3, 0.4) is 0 Å². The Kier molecular flexibility index (Phi) is 4.05. The van der Waals surface area contributed by atoms with Crippen molar-refractivity contribution < 1.29 is 9.59 Å². The number of amides is 2. The van der Waals surface area contributed by atoms with Gasteiger partial charge in [0.1, 0.15) is 0 Å². The van der Waals surface area contributed by atoms with Gasteiger partial charge in [0.05, 0.1) is 5.52 Å². The van der Waals surface area contributed by atoms with Crippen LogP contribution in [0, 0.1) is 0 Å². The Morgan fingerprint density at radius 3 is 2.57 bits per heavy atom. The minimum absolute atomic E-state index is 0.0761. The Morgan fingerprint density at radius 2 is 1.83 bits per heavy atom. The zero-order chi connectivity index (χ0) is 16.2. The molecule has 0 aliphatic carbocycles. The molecule has 0 saturated heterocycles. The number of para-hydroxylation sites is 1. The SMILES string of the molecule is CC(=O)NCc1ccc(NC(=O)c2n[nH]c3ccccc23)cc1. The average Bonchev–Trinajstić information content (AvgIpc) is 2.98. The Hall–Kier alpha value is -3.15. The summed E-state index contributed by atoms with van der Waals surface area (Å²) in [5.74, 6) is -0.343. The number of benzene rings is 2. The van der Waals surface area contributed by atoms with Gasteiger partial charge in [0, 0.05) is 24.5 Å². The van der Waals surface area contributed by atoms with Crippen molar-refractivity contribution in [3.05, 3.63) is 59.8 Å². The lowest BCUT2D eigenvalue weighted by Gasteiger charge is -2.06. The molecular weight excluding hydrogens is 292 g/mol. The molecule has 0 aliphatic rings. The van der Waals surface area contributed by atoms with Gasteiger partial charge in [-0.1, -0.05) is 30.3 Å². The maximum atomic E-state index is 12.3. The first-order chi connectivity index (χ1) is 11.1. The zero-order valence-corrected chi connectivity index (χ0v) is 12.6. The quantitative estimate of drug-likeness (QED) is 0.692. The molecule has 2 aromatic carbocycles. The van der Waals surface area contributed by atoms with E-state index in [-0.39, 0.29) is 11.8 Å². The molecule has 1 aromatic heterocycles. The standard InChI is InChI=1S/C17H16N4O2/c1-11(22)18-10-12-6-8-13(9-7-12)19-17(23)16-14-4-2-3-5-15(14)20-21-16/h2-9H,10H2,1H3,(H,18,22)(H,19,23)(H,20,21). The van der Waals surface area contributed by atoms with Crippen molar-refractivity contribution in [3.8, 4) is 0 Å². The summed E-state index contributed by atoms with van der Waals surface area (Å²) < 4.78 is 0. The van der Waals surface area contributed by atoms with E-state index >= 15 is 0 Å². The normalized spacial score (nSPS) is 10.5. The highest BCUT2D eigenvalue weighted by atomic mass is 16.2. The number of aromatic nitrogens is 2. The van der Waals surface area contributed by atoms with E-state index < -0.39 is 0 Å². The summed E-state index contributed by atoms with van der Waals surface area (Å²) in [6.45, 7) is 1.94. The molecule has 0 bridgehead atoms. The van der Waals surface area contributed by atoms with E-state index in [1.54, 1.807) is 12.1 Å². The van der Waals surface area contributed by atoms with Gasteiger partial charge in [-0.3, -0.25) is 14.7 Å². The fourth-order valence-corrected chi connectivity index (χ4v) is 2.26. The smallest absolute Gasteiger partial charge is 0.276 e. The molecule has 0 unspecified atom stereocenters. The van der Waals surface area contributed by atoms with Gasteiger partial charge in [0.15, 0.2) is 5.69 Å². The van der Waals surface area contributed by atoms with Crippen LogP contribution in [0.5, 0.6) is 0 Å². The first-order valence-electron chi connectivity index (χ1n) is 7.21. The second-order valence-electron chi connectivity index (χ2n) is 5.18. The van der Waals surface area contributed by atoms with Gasteiger partial charge in [-0.15, -0.1) is 0 Å². The monoisotopic (exact) mass is 308 g/mol. The summed E-state index contributed by atoms with van der Waals surface area (Å²) >= 11 is 0. The topological polar surface area (TPSA) is 86.9 Å². The number of rotatable bonds is 4. The number of fused-ring (bicyclic) bond motifs is 1. The van der Waals surface area contributed by atoms with Crippen LogP contribution in [0.15, 0.2) is 48.5 Å². The van der Waals surface area contributed by atoms with Crippen LogP contribution in [0.4, 0.5) is 5.69 Å². The Labute approximate surface area is 132 Å². The first-order valence-corrected chi connectivity index (χ1v) is 7.21. The fraction of sp³-hybridized carbons (Fsp3) is 0.118. The maximum absolute atomic E-state index is 12.3. The predicted molar refractivity (Wildman–Crippen MR) is 88.0 cm³/mol. The molecule has 0 saturated carbocycles. The minimum Gasteiger partial charge on any atom is -0.352 e. The van der Waals surface area contributed by atoms with Crippen molar-refractivity contribution in [2.45, 2.75) is 13.5 Å². The summed E-state index contributed by atoms with van der Waals surface area (Å²) in [5.41, 5.74) is 2.82. The second-order valence-corrected chi connectivity index (χ2v) is 5.18. The Morgan fingerprint density at radius 1 is 1.09 bits per heavy atom. The molecule has 3 rings (SSSR count). The van der Waals surface area contributed by atoms with Crippen molar-refractivity contribution >= 4 is 28.4 Å². The van der Waals surface area contributed by atoms with Gasteiger partial charge in [0.2, 0.25) is 5.91 Å². The van der Waals surface area contributed by atoms with Crippen molar-refractivity contribution in [2.75, 3.05) is 5.32 Å². The summed E-state index contributed by atoms with van der Waals surface area (Å²) in [5, 5.41) is 13.2. The lowest BCUT2D eigenvalue weighted by atomic mass is 10.2. The van der Waals surface area contributed by atoms with E-state index in [0.717, 1.165) is 16.5 Å². The highest BCUT2D eigenvalue weighted by Gasteiger charge is 2.13. The highest BCUT2D eigenvalue weighted by Crippen LogP contribution is 2.17. The van der Waals surface area contributed by atoms with Crippen LogP contribution in [-0.4, -0.2) is 22.0 Å². The van der Waals surface area contributed by atoms with Crippen LogP contribution in [0.2, 0.25) is 0 Å². The molecular formula is C17H16N4O2. The Balaban J connectivity index is 1.71. The molecule has 116 valence electrons. The van der Waals surface area contributed by atoms with E-state index in [9.17, 15) is 9.59 Å². The molecule has 0 atom stereocenters. The molecule has 6 nitrogen and oxygen atoms in total. The third-order valence-corrected chi connectivity index (χ3v) is 3.44. The molecule has 0 fully saturated rings. The van der Waals surface area contributed by atoms with Crippen LogP contribution < -0.4 is 10.6 Å². The lowest BCUT2D eigenvalue weighted by molar-refractivity contribution is -0.119. The van der Waals surface area contributed by atoms with Crippen molar-refractivity contribution in [1.82, 2.24) is 15.5 Å². The van der Waals surface area contributed by atoms with Gasteiger partial charge < -0.3 is 10.6 Å². The molecule has 0 radical (unpaired) electrons. The molecule has 1 heterocycles. The fourth-order valence-electron chi connectivity index (χ4n) is 2.26. The van der Waals surface area contributed by atoms with Gasteiger partial charge in [0.25, 0.3) is 5.91 Å². The molecule has 0 aliphatic heterocycles. The van der Waals surface area contributed by atoms with Crippen molar-refractivity contribution in [1.29, 1.82) is 0 Å². The molecule has 3 aromatic rings. The molecule has 3 N–H and O–H groups in total. The first kappa shape index (κ1) is 14.8. The molecule has 23 heavy (non-hydrogen) atoms. The number of aromatic amines is 1. The number of hydrogen-bond donors (Lipinski definition) is 3. The predicted octanol–water partition coefficient (Wildman–Crippen LogP) is 2.45. The van der Waals surface area contributed by atoms with Crippen molar-refractivity contribution in [3.63, 3.8) is 0 Å². The molecule has 0 spiro atoms. The second kappa shape index (κ2) is 6.31. The number of nitrogens with zero attached hydrogens (tertiary/aromatic N) is 1. The lowest BCUT2D eigenvalue weighted by Crippen LogP contribution is -2.18. The van der Waals surface area contributed by atoms with E-state index in [2.05, 4.69) is 20.8 Å². The molecule has 2 amide bonds. The summed E-state index contributed by atoms with van der Waals surface area (Å²) in [4.78, 5) is 23.2. The number of anilines is 1. The van der Waals surface area contributed by atoms with Crippen LogP contribution in [0.25, 0.3) is 10.9 Å². The van der Waals surface area contributed by atoms with E-state index in [0.29, 0.717) is 17.9 Å². The summed E-state index contributed by atoms with van der Waals surface area (Å²) in [6.07, 6.45) is 0. The highest BCUT2D eigenvalue weighted by molar-refractivity contribution is 6.11. The maximum Gasteiger partial charge on any atom is 0.276 e.